The van der Waals surface area contributed by atoms with Crippen molar-refractivity contribution < 1.29 is 9.47 Å². The van der Waals surface area contributed by atoms with Crippen molar-refractivity contribution in [2.45, 2.75) is 24.5 Å². The monoisotopic (exact) mass is 238 g/mol. The van der Waals surface area contributed by atoms with Crippen LogP contribution in [0.25, 0.3) is 0 Å². The van der Waals surface area contributed by atoms with Gasteiger partial charge in [0, 0.05) is 5.75 Å². The first-order chi connectivity index (χ1) is 7.78. The van der Waals surface area contributed by atoms with Crippen LogP contribution in [0.15, 0.2) is 24.3 Å². The van der Waals surface area contributed by atoms with Crippen LogP contribution in [-0.4, -0.2) is 19.2 Å². The summed E-state index contributed by atoms with van der Waals surface area (Å²) in [6.45, 7) is 3.16. The van der Waals surface area contributed by atoms with Gasteiger partial charge in [0.1, 0.15) is 11.2 Å². The third-order valence-corrected chi connectivity index (χ3v) is 3.96. The van der Waals surface area contributed by atoms with Crippen molar-refractivity contribution in [2.75, 3.05) is 13.7 Å². The lowest BCUT2D eigenvalue weighted by Crippen LogP contribution is -1.99. The quantitative estimate of drug-likeness (QED) is 0.801. The van der Waals surface area contributed by atoms with Gasteiger partial charge < -0.3 is 9.47 Å². The van der Waals surface area contributed by atoms with Crippen LogP contribution < -0.4 is 4.74 Å². The molecule has 0 aliphatic carbocycles. The van der Waals surface area contributed by atoms with E-state index in [1.165, 1.54) is 12.0 Å². The second-order valence-corrected chi connectivity index (χ2v) is 5.41. The maximum Gasteiger partial charge on any atom is 0.118 e. The van der Waals surface area contributed by atoms with E-state index in [0.717, 1.165) is 18.1 Å². The van der Waals surface area contributed by atoms with Gasteiger partial charge in [0.05, 0.1) is 13.7 Å². The molecule has 88 valence electrons. The summed E-state index contributed by atoms with van der Waals surface area (Å²) >= 11 is 1.89. The molecule has 0 saturated carbocycles. The number of rotatable bonds is 4. The van der Waals surface area contributed by atoms with Gasteiger partial charge in [-0.2, -0.15) is 0 Å². The van der Waals surface area contributed by atoms with Crippen molar-refractivity contribution in [3.8, 4) is 5.75 Å². The van der Waals surface area contributed by atoms with Crippen LogP contribution in [-0.2, 0) is 10.5 Å². The second-order valence-electron chi connectivity index (χ2n) is 4.26. The average molecular weight is 238 g/mol. The van der Waals surface area contributed by atoms with Crippen LogP contribution >= 0.6 is 11.8 Å². The molecule has 2 atom stereocenters. The van der Waals surface area contributed by atoms with Crippen molar-refractivity contribution in [2.24, 2.45) is 5.92 Å². The van der Waals surface area contributed by atoms with Crippen molar-refractivity contribution in [1.29, 1.82) is 0 Å². The highest BCUT2D eigenvalue weighted by molar-refractivity contribution is 7.99. The number of hydrogen-bond acceptors (Lipinski definition) is 3. The molecular weight excluding hydrogens is 220 g/mol. The Balaban J connectivity index is 1.80. The Hall–Kier alpha value is -0.670. The van der Waals surface area contributed by atoms with E-state index in [1.54, 1.807) is 7.11 Å². The highest BCUT2D eigenvalue weighted by Crippen LogP contribution is 2.30. The van der Waals surface area contributed by atoms with E-state index < -0.39 is 0 Å². The normalized spacial score (nSPS) is 24.6. The van der Waals surface area contributed by atoms with Crippen molar-refractivity contribution in [3.05, 3.63) is 29.8 Å². The van der Waals surface area contributed by atoms with E-state index in [1.807, 2.05) is 23.9 Å². The van der Waals surface area contributed by atoms with E-state index in [0.29, 0.717) is 11.4 Å². The summed E-state index contributed by atoms with van der Waals surface area (Å²) in [6.07, 6.45) is 1.18. The van der Waals surface area contributed by atoms with Gasteiger partial charge in [-0.15, -0.1) is 11.8 Å². The molecule has 16 heavy (non-hydrogen) atoms. The molecule has 0 radical (unpaired) electrons. The summed E-state index contributed by atoms with van der Waals surface area (Å²) < 4.78 is 10.8. The molecule has 2 rings (SSSR count). The molecule has 1 aromatic carbocycles. The topological polar surface area (TPSA) is 18.5 Å². The first-order valence-electron chi connectivity index (χ1n) is 5.64. The second kappa shape index (κ2) is 5.60. The Morgan fingerprint density at radius 2 is 2.12 bits per heavy atom. The lowest BCUT2D eigenvalue weighted by atomic mass is 10.2. The molecule has 1 saturated heterocycles. The highest BCUT2D eigenvalue weighted by atomic mass is 32.2. The largest absolute Gasteiger partial charge is 0.497 e. The van der Waals surface area contributed by atoms with Gasteiger partial charge in [-0.05, 0) is 30.0 Å². The summed E-state index contributed by atoms with van der Waals surface area (Å²) in [6, 6.07) is 8.25. The van der Waals surface area contributed by atoms with Crippen LogP contribution in [0.3, 0.4) is 0 Å². The third-order valence-electron chi connectivity index (χ3n) is 2.76. The van der Waals surface area contributed by atoms with Crippen LogP contribution in [0.2, 0.25) is 0 Å². The predicted octanol–water partition coefficient (Wildman–Crippen LogP) is 3.31. The van der Waals surface area contributed by atoms with E-state index in [4.69, 9.17) is 9.47 Å². The van der Waals surface area contributed by atoms with Gasteiger partial charge >= 0.3 is 0 Å². The molecule has 0 aromatic heterocycles. The smallest absolute Gasteiger partial charge is 0.118 e. The van der Waals surface area contributed by atoms with Gasteiger partial charge in [0.2, 0.25) is 0 Å². The lowest BCUT2D eigenvalue weighted by Gasteiger charge is -2.09. The van der Waals surface area contributed by atoms with Crippen LogP contribution in [0.1, 0.15) is 18.9 Å². The molecule has 1 fully saturated rings. The molecule has 2 nitrogen and oxygen atoms in total. The minimum atomic E-state index is 0.386. The Kier molecular flexibility index (Phi) is 4.13. The average Bonchev–Trinajstić information content (AvgIpc) is 2.73. The van der Waals surface area contributed by atoms with Gasteiger partial charge in [-0.25, -0.2) is 0 Å². The Labute approximate surface area is 101 Å². The molecule has 0 amide bonds. The molecule has 1 aliphatic heterocycles. The van der Waals surface area contributed by atoms with Crippen molar-refractivity contribution in [1.82, 2.24) is 0 Å². The summed E-state index contributed by atoms with van der Waals surface area (Å²) in [5.74, 6) is 2.65. The maximum absolute atomic E-state index is 5.67. The molecule has 1 aromatic rings. The molecular formula is C13H18O2S. The van der Waals surface area contributed by atoms with Crippen molar-refractivity contribution >= 4 is 11.8 Å². The minimum absolute atomic E-state index is 0.386. The zero-order valence-electron chi connectivity index (χ0n) is 9.81. The first kappa shape index (κ1) is 11.8. The fourth-order valence-corrected chi connectivity index (χ4v) is 2.97. The number of methoxy groups -OCH3 is 1. The van der Waals surface area contributed by atoms with E-state index >= 15 is 0 Å². The van der Waals surface area contributed by atoms with Gasteiger partial charge in [-0.3, -0.25) is 0 Å². The van der Waals surface area contributed by atoms with E-state index in [9.17, 15) is 0 Å². The molecule has 0 bridgehead atoms. The van der Waals surface area contributed by atoms with Crippen molar-refractivity contribution in [3.63, 3.8) is 0 Å². The van der Waals surface area contributed by atoms with E-state index in [2.05, 4.69) is 19.1 Å². The zero-order valence-corrected chi connectivity index (χ0v) is 10.6. The number of hydrogen-bond donors (Lipinski definition) is 0. The minimum Gasteiger partial charge on any atom is -0.497 e. The molecule has 1 aliphatic rings. The molecule has 0 N–H and O–H groups in total. The summed E-state index contributed by atoms with van der Waals surface area (Å²) in [4.78, 5) is 0. The van der Waals surface area contributed by atoms with Crippen LogP contribution in [0.4, 0.5) is 0 Å². The molecule has 1 heterocycles. The zero-order chi connectivity index (χ0) is 11.4. The fraction of sp³-hybridized carbons (Fsp3) is 0.538. The van der Waals surface area contributed by atoms with Gasteiger partial charge in [-0.1, -0.05) is 19.1 Å². The van der Waals surface area contributed by atoms with Crippen LogP contribution in [0.5, 0.6) is 5.75 Å². The summed E-state index contributed by atoms with van der Waals surface area (Å²) in [5, 5.41) is 0. The van der Waals surface area contributed by atoms with Gasteiger partial charge in [0.15, 0.2) is 0 Å². The SMILES string of the molecule is COc1ccc(CSC2C[C@@H](C)CO2)cc1. The molecule has 0 spiro atoms. The number of benzene rings is 1. The van der Waals surface area contributed by atoms with E-state index in [-0.39, 0.29) is 0 Å². The van der Waals surface area contributed by atoms with Gasteiger partial charge in [0.25, 0.3) is 0 Å². The number of thioether (sulfide) groups is 1. The Morgan fingerprint density at radius 1 is 1.38 bits per heavy atom. The summed E-state index contributed by atoms with van der Waals surface area (Å²) in [5.41, 5.74) is 1.71. The number of ether oxygens (including phenoxy) is 2. The Bertz CT molecular complexity index is 323. The third kappa shape index (κ3) is 3.16. The molecule has 1 unspecified atom stereocenters. The lowest BCUT2D eigenvalue weighted by molar-refractivity contribution is 0.166. The predicted molar refractivity (Wildman–Crippen MR) is 67.8 cm³/mol. The Morgan fingerprint density at radius 3 is 2.69 bits per heavy atom. The fourth-order valence-electron chi connectivity index (χ4n) is 1.76. The maximum atomic E-state index is 5.67. The first-order valence-corrected chi connectivity index (χ1v) is 6.69. The molecule has 3 heteroatoms. The standard InChI is InChI=1S/C13H18O2S/c1-10-7-13(15-8-10)16-9-11-3-5-12(14-2)6-4-11/h3-6,10,13H,7-9H2,1-2H3/t10-,13?/m1/s1. The van der Waals surface area contributed by atoms with Crippen LogP contribution in [0, 0.1) is 5.92 Å². The summed E-state index contributed by atoms with van der Waals surface area (Å²) in [7, 11) is 1.69. The highest BCUT2D eigenvalue weighted by Gasteiger charge is 2.21.